The second kappa shape index (κ2) is 4.50. The van der Waals surface area contributed by atoms with Crippen LogP contribution < -0.4 is 0 Å². The average molecular weight is 186 g/mol. The molecule has 0 aromatic heterocycles. The van der Waals surface area contributed by atoms with Gasteiger partial charge in [0.2, 0.25) is 10.5 Å². The van der Waals surface area contributed by atoms with Crippen LogP contribution in [0, 0.1) is 0 Å². The lowest BCUT2D eigenvalue weighted by Crippen LogP contribution is -2.04. The van der Waals surface area contributed by atoms with Gasteiger partial charge in [-0.1, -0.05) is 6.58 Å². The molecular weight excluding hydrogens is 176 g/mol. The van der Waals surface area contributed by atoms with Gasteiger partial charge in [-0.25, -0.2) is 9.59 Å². The Balaban J connectivity index is 4.44. The van der Waals surface area contributed by atoms with E-state index in [4.69, 9.17) is 5.11 Å². The molecule has 4 nitrogen and oxygen atoms in total. The van der Waals surface area contributed by atoms with Crippen molar-refractivity contribution in [1.29, 1.82) is 0 Å². The van der Waals surface area contributed by atoms with Crippen molar-refractivity contribution in [1.82, 2.24) is 0 Å². The molecule has 0 unspecified atom stereocenters. The maximum atomic E-state index is 10.7. The summed E-state index contributed by atoms with van der Waals surface area (Å²) in [5.41, 5.74) is 0.122. The Labute approximate surface area is 73.1 Å². The molecule has 0 saturated carbocycles. The van der Waals surface area contributed by atoms with Gasteiger partial charge in [0.1, 0.15) is 0 Å². The van der Waals surface area contributed by atoms with Crippen LogP contribution >= 0.6 is 0 Å². The zero-order chi connectivity index (χ0) is 9.72. The van der Waals surface area contributed by atoms with Crippen molar-refractivity contribution in [2.45, 2.75) is 6.92 Å². The minimum absolute atomic E-state index is 0.0601. The Kier molecular flexibility index (Phi) is 3.99. The molecule has 0 spiro atoms. The van der Waals surface area contributed by atoms with Crippen molar-refractivity contribution < 1.29 is 19.1 Å². The second-order valence-electron chi connectivity index (χ2n) is 2.15. The lowest BCUT2D eigenvalue weighted by atomic mass is 10.2. The Morgan fingerprint density at radius 1 is 1.58 bits per heavy atom. The zero-order valence-corrected chi connectivity index (χ0v) is 8.96. The van der Waals surface area contributed by atoms with Crippen LogP contribution in [0.3, 0.4) is 0 Å². The molecule has 0 aliphatic heterocycles. The fourth-order valence-corrected chi connectivity index (χ4v) is 0.775. The number of carboxylic acid groups (broad SMARTS) is 1. The molecule has 0 amide bonds. The molecule has 0 rings (SSSR count). The van der Waals surface area contributed by atoms with Gasteiger partial charge in [-0.2, -0.15) is 0 Å². The third kappa shape index (κ3) is 3.15. The van der Waals surface area contributed by atoms with Crippen LogP contribution in [0.4, 0.5) is 0 Å². The van der Waals surface area contributed by atoms with Gasteiger partial charge in [0.15, 0.2) is 0 Å². The summed E-state index contributed by atoms with van der Waals surface area (Å²) < 4.78 is 4.46. The van der Waals surface area contributed by atoms with Crippen molar-refractivity contribution in [2.75, 3.05) is 0 Å². The SMILES string of the molecule is C=C(C=C(C)C(=O)O)C(=O)O[SiH3]. The van der Waals surface area contributed by atoms with E-state index >= 15 is 0 Å². The molecule has 0 bridgehead atoms. The highest BCUT2D eigenvalue weighted by atomic mass is 28.2. The standard InChI is InChI=1S/C7H10O4Si/c1-4(6(8)9)3-5(2)7(10)11-12/h3H,2H2,1,12H3,(H,8,9). The van der Waals surface area contributed by atoms with Gasteiger partial charge in [0.05, 0.1) is 5.57 Å². The molecule has 0 radical (unpaired) electrons. The summed E-state index contributed by atoms with van der Waals surface area (Å²) in [5.74, 6) is -1.64. The number of carbonyl (C=O) groups excluding carboxylic acids is 1. The Bertz CT molecular complexity index is 254. The first-order valence-electron chi connectivity index (χ1n) is 3.18. The molecule has 0 aromatic rings. The van der Waals surface area contributed by atoms with Gasteiger partial charge < -0.3 is 9.53 Å². The maximum absolute atomic E-state index is 10.7. The first-order chi connectivity index (χ1) is 5.49. The summed E-state index contributed by atoms with van der Waals surface area (Å²) in [4.78, 5) is 21.0. The fourth-order valence-electron chi connectivity index (χ4n) is 0.513. The highest BCUT2D eigenvalue weighted by Gasteiger charge is 2.05. The van der Waals surface area contributed by atoms with Crippen molar-refractivity contribution in [3.8, 4) is 0 Å². The molecule has 0 aliphatic rings. The number of rotatable bonds is 3. The Morgan fingerprint density at radius 2 is 2.08 bits per heavy atom. The van der Waals surface area contributed by atoms with E-state index in [-0.39, 0.29) is 21.6 Å². The molecule has 12 heavy (non-hydrogen) atoms. The van der Waals surface area contributed by atoms with Crippen LogP contribution in [0.25, 0.3) is 0 Å². The van der Waals surface area contributed by atoms with Crippen molar-refractivity contribution >= 4 is 22.4 Å². The minimum Gasteiger partial charge on any atom is -0.525 e. The molecule has 66 valence electrons. The zero-order valence-electron chi connectivity index (χ0n) is 6.96. The van der Waals surface area contributed by atoms with Gasteiger partial charge in [0, 0.05) is 5.57 Å². The summed E-state index contributed by atoms with van der Waals surface area (Å²) in [7, 11) is 0.280. The van der Waals surface area contributed by atoms with Crippen LogP contribution in [0.5, 0.6) is 0 Å². The third-order valence-corrected chi connectivity index (χ3v) is 1.55. The van der Waals surface area contributed by atoms with E-state index < -0.39 is 11.9 Å². The third-order valence-electron chi connectivity index (χ3n) is 1.18. The van der Waals surface area contributed by atoms with E-state index in [9.17, 15) is 9.59 Å². The van der Waals surface area contributed by atoms with Gasteiger partial charge in [0.25, 0.3) is 0 Å². The molecule has 0 aliphatic carbocycles. The van der Waals surface area contributed by atoms with Crippen LogP contribution in [0.2, 0.25) is 0 Å². The first-order valence-corrected chi connectivity index (χ1v) is 3.99. The van der Waals surface area contributed by atoms with Crippen molar-refractivity contribution in [3.63, 3.8) is 0 Å². The largest absolute Gasteiger partial charge is 0.525 e. The molecule has 0 heterocycles. The van der Waals surface area contributed by atoms with E-state index in [0.717, 1.165) is 0 Å². The van der Waals surface area contributed by atoms with Crippen LogP contribution in [0.1, 0.15) is 6.92 Å². The average Bonchev–Trinajstić information content (AvgIpc) is 2.02. The lowest BCUT2D eigenvalue weighted by Gasteiger charge is -1.98. The second-order valence-corrected chi connectivity index (χ2v) is 2.56. The van der Waals surface area contributed by atoms with E-state index in [0.29, 0.717) is 0 Å². The Hall–Kier alpha value is -1.36. The van der Waals surface area contributed by atoms with Crippen molar-refractivity contribution in [3.05, 3.63) is 23.8 Å². The van der Waals surface area contributed by atoms with E-state index in [1.807, 2.05) is 0 Å². The van der Waals surface area contributed by atoms with Gasteiger partial charge in [-0.05, 0) is 13.0 Å². The van der Waals surface area contributed by atoms with E-state index in [2.05, 4.69) is 11.0 Å². The highest BCUT2D eigenvalue weighted by Crippen LogP contribution is 2.01. The summed E-state index contributed by atoms with van der Waals surface area (Å²) in [6, 6.07) is 0. The number of carboxylic acids is 1. The summed E-state index contributed by atoms with van der Waals surface area (Å²) in [5, 5.41) is 8.43. The van der Waals surface area contributed by atoms with Gasteiger partial charge in [-0.15, -0.1) is 0 Å². The topological polar surface area (TPSA) is 63.6 Å². The number of carbonyl (C=O) groups is 2. The molecule has 5 heteroatoms. The molecule has 1 N–H and O–H groups in total. The van der Waals surface area contributed by atoms with Crippen LogP contribution in [-0.2, 0) is 14.0 Å². The quantitative estimate of drug-likeness (QED) is 0.363. The summed E-state index contributed by atoms with van der Waals surface area (Å²) >= 11 is 0. The number of hydrogen-bond donors (Lipinski definition) is 1. The van der Waals surface area contributed by atoms with Gasteiger partial charge in [-0.3, -0.25) is 0 Å². The normalized spacial score (nSPS) is 10.9. The van der Waals surface area contributed by atoms with Gasteiger partial charge >= 0.3 is 11.9 Å². The minimum atomic E-state index is -1.07. The lowest BCUT2D eigenvalue weighted by molar-refractivity contribution is -0.132. The predicted molar refractivity (Wildman–Crippen MR) is 46.6 cm³/mol. The predicted octanol–water partition coefficient (Wildman–Crippen LogP) is -0.603. The number of hydrogen-bond acceptors (Lipinski definition) is 3. The van der Waals surface area contributed by atoms with E-state index in [1.165, 1.54) is 13.0 Å². The molecule has 0 fully saturated rings. The number of aliphatic carboxylic acids is 1. The molecule has 0 saturated heterocycles. The molecular formula is C7H10O4Si. The monoisotopic (exact) mass is 186 g/mol. The van der Waals surface area contributed by atoms with Crippen molar-refractivity contribution in [2.24, 2.45) is 0 Å². The van der Waals surface area contributed by atoms with Crippen LogP contribution in [0.15, 0.2) is 23.8 Å². The molecule has 0 atom stereocenters. The Morgan fingerprint density at radius 3 is 2.42 bits per heavy atom. The first kappa shape index (κ1) is 10.6. The highest BCUT2D eigenvalue weighted by molar-refractivity contribution is 6.10. The molecule has 0 aromatic carbocycles. The summed E-state index contributed by atoms with van der Waals surface area (Å²) in [6.45, 7) is 4.74. The summed E-state index contributed by atoms with van der Waals surface area (Å²) in [6.07, 6.45) is 1.18. The smallest absolute Gasteiger partial charge is 0.331 e. The van der Waals surface area contributed by atoms with Crippen LogP contribution in [-0.4, -0.2) is 27.5 Å². The maximum Gasteiger partial charge on any atom is 0.331 e. The fraction of sp³-hybridized carbons (Fsp3) is 0.143. The van der Waals surface area contributed by atoms with E-state index in [1.54, 1.807) is 0 Å².